The first-order valence-corrected chi connectivity index (χ1v) is 6.18. The number of aromatic carboxylic acids is 1. The lowest BCUT2D eigenvalue weighted by molar-refractivity contribution is -0.142. The number of urea groups is 1. The van der Waals surface area contributed by atoms with Gasteiger partial charge in [-0.1, -0.05) is 6.92 Å². The second-order valence-corrected chi connectivity index (χ2v) is 4.24. The van der Waals surface area contributed by atoms with Crippen molar-refractivity contribution in [3.63, 3.8) is 0 Å². The summed E-state index contributed by atoms with van der Waals surface area (Å²) in [5.41, 5.74) is -5.87. The number of carboxylic acid groups (broad SMARTS) is 1. The molecule has 6 nitrogen and oxygen atoms in total. The molecule has 1 aromatic rings. The number of hydrogen-bond acceptors (Lipinski definition) is 3. The van der Waals surface area contributed by atoms with Gasteiger partial charge in [-0.3, -0.25) is 0 Å². The van der Waals surface area contributed by atoms with Gasteiger partial charge in [-0.2, -0.15) is 13.2 Å². The molecular weight excluding hydrogens is 329 g/mol. The third kappa shape index (κ3) is 3.85. The quantitative estimate of drug-likeness (QED) is 0.734. The first kappa shape index (κ1) is 18.6. The second-order valence-electron chi connectivity index (χ2n) is 4.24. The van der Waals surface area contributed by atoms with Gasteiger partial charge in [0.25, 0.3) is 6.43 Å². The number of hydrogen-bond donors (Lipinski definition) is 3. The molecule has 0 saturated heterocycles. The first-order chi connectivity index (χ1) is 10.5. The number of carbonyl (C=O) groups excluding carboxylic acids is 1. The van der Waals surface area contributed by atoms with Gasteiger partial charge >= 0.3 is 18.2 Å². The minimum atomic E-state index is -5.24. The maximum atomic E-state index is 13.1. The fourth-order valence-electron chi connectivity index (χ4n) is 1.92. The summed E-state index contributed by atoms with van der Waals surface area (Å²) in [6.07, 6.45) is -9.03. The van der Waals surface area contributed by atoms with E-state index in [1.807, 2.05) is 10.6 Å². The predicted molar refractivity (Wildman–Crippen MR) is 68.6 cm³/mol. The zero-order chi connectivity index (χ0) is 17.9. The van der Waals surface area contributed by atoms with E-state index in [0.717, 1.165) is 7.05 Å². The van der Waals surface area contributed by atoms with Crippen molar-refractivity contribution in [2.45, 2.75) is 25.9 Å². The van der Waals surface area contributed by atoms with E-state index in [4.69, 9.17) is 5.11 Å². The largest absolute Gasteiger partial charge is 0.478 e. The number of amides is 2. The summed E-state index contributed by atoms with van der Waals surface area (Å²) >= 11 is 0. The van der Waals surface area contributed by atoms with Crippen LogP contribution in [0.2, 0.25) is 0 Å². The van der Waals surface area contributed by atoms with Gasteiger partial charge in [-0.05, 0) is 12.0 Å². The Morgan fingerprint density at radius 3 is 2.22 bits per heavy atom. The molecule has 0 aliphatic rings. The standard InChI is InChI=1S/C12H12F5N3O3/c1-3-4-5(10(21)22)8(12(15,16)17)19-7(9(13)14)6(4)20-11(23)18-2/h9H,3H2,1-2H3,(H,21,22)(H2,18,20,23). The first-order valence-electron chi connectivity index (χ1n) is 6.18. The molecule has 0 saturated carbocycles. The van der Waals surface area contributed by atoms with Crippen LogP contribution in [0, 0.1) is 0 Å². The molecule has 1 rings (SSSR count). The normalized spacial score (nSPS) is 11.5. The van der Waals surface area contributed by atoms with Crippen LogP contribution in [0.3, 0.4) is 0 Å². The molecule has 128 valence electrons. The highest BCUT2D eigenvalue weighted by Crippen LogP contribution is 2.39. The lowest BCUT2D eigenvalue weighted by atomic mass is 9.99. The molecule has 0 aliphatic carbocycles. The van der Waals surface area contributed by atoms with Crippen molar-refractivity contribution in [3.8, 4) is 0 Å². The molecule has 0 aliphatic heterocycles. The Labute approximate surface area is 126 Å². The predicted octanol–water partition coefficient (Wildman–Crippen LogP) is 3.05. The number of carboxylic acids is 1. The number of nitrogens with one attached hydrogen (secondary N) is 2. The van der Waals surface area contributed by atoms with E-state index in [-0.39, 0.29) is 6.42 Å². The fourth-order valence-corrected chi connectivity index (χ4v) is 1.92. The van der Waals surface area contributed by atoms with Crippen LogP contribution in [0.4, 0.5) is 32.4 Å². The van der Waals surface area contributed by atoms with E-state index in [9.17, 15) is 31.5 Å². The Kier molecular flexibility index (Phi) is 5.46. The number of halogens is 5. The van der Waals surface area contributed by atoms with E-state index in [1.54, 1.807) is 0 Å². The highest BCUT2D eigenvalue weighted by Gasteiger charge is 2.41. The van der Waals surface area contributed by atoms with Crippen LogP contribution in [0.25, 0.3) is 0 Å². The number of aromatic nitrogens is 1. The van der Waals surface area contributed by atoms with Gasteiger partial charge in [0.05, 0.1) is 11.3 Å². The summed E-state index contributed by atoms with van der Waals surface area (Å²) in [4.78, 5) is 25.3. The summed E-state index contributed by atoms with van der Waals surface area (Å²) in [7, 11) is 1.15. The van der Waals surface area contributed by atoms with Crippen molar-refractivity contribution in [2.75, 3.05) is 12.4 Å². The van der Waals surface area contributed by atoms with Crippen LogP contribution in [-0.2, 0) is 12.6 Å². The SMILES string of the molecule is CCc1c(NC(=O)NC)c(C(F)F)nc(C(F)(F)F)c1C(=O)O. The molecule has 0 unspecified atom stereocenters. The Bertz CT molecular complexity index is 631. The van der Waals surface area contributed by atoms with Gasteiger partial charge in [0.2, 0.25) is 0 Å². The Hall–Kier alpha value is -2.46. The zero-order valence-corrected chi connectivity index (χ0v) is 11.9. The number of alkyl halides is 5. The number of rotatable bonds is 4. The van der Waals surface area contributed by atoms with E-state index < -0.39 is 52.8 Å². The third-order valence-electron chi connectivity index (χ3n) is 2.84. The molecule has 1 heterocycles. The summed E-state index contributed by atoms with van der Waals surface area (Å²) < 4.78 is 65.0. The summed E-state index contributed by atoms with van der Waals surface area (Å²) in [6.45, 7) is 1.27. The van der Waals surface area contributed by atoms with Gasteiger partial charge in [-0.15, -0.1) is 0 Å². The van der Waals surface area contributed by atoms with Gasteiger partial charge < -0.3 is 15.7 Å². The van der Waals surface area contributed by atoms with Crippen molar-refractivity contribution in [3.05, 3.63) is 22.5 Å². The zero-order valence-electron chi connectivity index (χ0n) is 11.9. The minimum Gasteiger partial charge on any atom is -0.478 e. The molecule has 2 amide bonds. The van der Waals surface area contributed by atoms with Crippen LogP contribution >= 0.6 is 0 Å². The number of carbonyl (C=O) groups is 2. The third-order valence-corrected chi connectivity index (χ3v) is 2.84. The minimum absolute atomic E-state index is 0.341. The van der Waals surface area contributed by atoms with E-state index in [1.165, 1.54) is 6.92 Å². The molecule has 11 heteroatoms. The van der Waals surface area contributed by atoms with Crippen LogP contribution in [0.15, 0.2) is 0 Å². The van der Waals surface area contributed by atoms with Crippen LogP contribution in [0.5, 0.6) is 0 Å². The molecular formula is C12H12F5N3O3. The van der Waals surface area contributed by atoms with Crippen molar-refractivity contribution >= 4 is 17.7 Å². The molecule has 0 fully saturated rings. The molecule has 3 N–H and O–H groups in total. The Balaban J connectivity index is 3.84. The lowest BCUT2D eigenvalue weighted by Gasteiger charge is -2.20. The summed E-state index contributed by atoms with van der Waals surface area (Å²) in [6, 6.07) is -1.00. The fraction of sp³-hybridized carbons (Fsp3) is 0.417. The molecule has 0 atom stereocenters. The molecule has 0 bridgehead atoms. The molecule has 0 aromatic carbocycles. The average molecular weight is 341 g/mol. The maximum absolute atomic E-state index is 13.1. The topological polar surface area (TPSA) is 91.3 Å². The van der Waals surface area contributed by atoms with Crippen molar-refractivity contribution in [1.82, 2.24) is 10.3 Å². The molecule has 0 radical (unpaired) electrons. The maximum Gasteiger partial charge on any atom is 0.434 e. The van der Waals surface area contributed by atoms with Crippen LogP contribution in [-0.4, -0.2) is 29.1 Å². The van der Waals surface area contributed by atoms with Crippen molar-refractivity contribution < 1.29 is 36.6 Å². The number of pyridine rings is 1. The molecule has 0 spiro atoms. The van der Waals surface area contributed by atoms with Crippen molar-refractivity contribution in [2.24, 2.45) is 0 Å². The molecule has 23 heavy (non-hydrogen) atoms. The summed E-state index contributed by atoms with van der Waals surface area (Å²) in [5.74, 6) is -1.98. The van der Waals surface area contributed by atoms with E-state index in [2.05, 4.69) is 4.98 Å². The second kappa shape index (κ2) is 6.75. The highest BCUT2D eigenvalue weighted by atomic mass is 19.4. The van der Waals surface area contributed by atoms with Crippen molar-refractivity contribution in [1.29, 1.82) is 0 Å². The summed E-state index contributed by atoms with van der Waals surface area (Å²) in [5, 5.41) is 13.0. The number of nitrogens with zero attached hydrogens (tertiary/aromatic N) is 1. The number of anilines is 1. The highest BCUT2D eigenvalue weighted by molar-refractivity contribution is 5.97. The lowest BCUT2D eigenvalue weighted by Crippen LogP contribution is -2.28. The Morgan fingerprint density at radius 1 is 1.30 bits per heavy atom. The smallest absolute Gasteiger partial charge is 0.434 e. The van der Waals surface area contributed by atoms with E-state index >= 15 is 0 Å². The molecule has 1 aromatic heterocycles. The monoisotopic (exact) mass is 341 g/mol. The van der Waals surface area contributed by atoms with E-state index in [0.29, 0.717) is 0 Å². The van der Waals surface area contributed by atoms with Gasteiger partial charge in [0.15, 0.2) is 5.69 Å². The van der Waals surface area contributed by atoms with Gasteiger partial charge in [0, 0.05) is 7.05 Å². The van der Waals surface area contributed by atoms with Crippen LogP contribution < -0.4 is 10.6 Å². The Morgan fingerprint density at radius 2 is 1.87 bits per heavy atom. The van der Waals surface area contributed by atoms with Gasteiger partial charge in [-0.25, -0.2) is 23.4 Å². The van der Waals surface area contributed by atoms with Gasteiger partial charge in [0.1, 0.15) is 5.69 Å². The van der Waals surface area contributed by atoms with Crippen LogP contribution in [0.1, 0.15) is 40.7 Å². The average Bonchev–Trinajstić information content (AvgIpc) is 2.44.